The maximum atomic E-state index is 12.6. The Balaban J connectivity index is 2.40. The van der Waals surface area contributed by atoms with Crippen LogP contribution in [0.25, 0.3) is 16.6 Å². The van der Waals surface area contributed by atoms with Crippen molar-refractivity contribution in [1.82, 2.24) is 4.40 Å². The number of nitrogens with zero attached hydrogens (tertiary/aromatic N) is 1. The quantitative estimate of drug-likeness (QED) is 0.715. The second-order valence-corrected chi connectivity index (χ2v) is 6.47. The smallest absolute Gasteiger partial charge is 0.341 e. The van der Waals surface area contributed by atoms with Gasteiger partial charge < -0.3 is 10.8 Å². The van der Waals surface area contributed by atoms with Gasteiger partial charge in [0.25, 0.3) is 5.56 Å². The molecule has 0 amide bonds. The summed E-state index contributed by atoms with van der Waals surface area (Å²) in [5.74, 6) is -1.13. The van der Waals surface area contributed by atoms with Crippen molar-refractivity contribution >= 4 is 17.2 Å². The molecular weight excluding hydrogens is 316 g/mol. The molecule has 0 aliphatic rings. The lowest BCUT2D eigenvalue weighted by Gasteiger charge is -2.17. The van der Waals surface area contributed by atoms with Crippen LogP contribution in [0.1, 0.15) is 41.3 Å². The van der Waals surface area contributed by atoms with Gasteiger partial charge in [-0.25, -0.2) is 4.79 Å². The molecule has 3 N–H and O–H groups in total. The van der Waals surface area contributed by atoms with Crippen molar-refractivity contribution in [3.05, 3.63) is 69.6 Å². The van der Waals surface area contributed by atoms with E-state index in [1.165, 1.54) is 10.5 Å². The number of aromatic carboxylic acids is 1. The van der Waals surface area contributed by atoms with Gasteiger partial charge >= 0.3 is 5.97 Å². The first-order valence-electron chi connectivity index (χ1n) is 8.09. The Morgan fingerprint density at radius 2 is 1.80 bits per heavy atom. The molecule has 3 aromatic rings. The Labute approximate surface area is 145 Å². The lowest BCUT2D eigenvalue weighted by atomic mass is 9.94. The average molecular weight is 336 g/mol. The number of hydrogen-bond acceptors (Lipinski definition) is 3. The summed E-state index contributed by atoms with van der Waals surface area (Å²) >= 11 is 0. The third-order valence-electron chi connectivity index (χ3n) is 4.49. The minimum absolute atomic E-state index is 0.0778. The number of carboxylic acid groups (broad SMARTS) is 1. The van der Waals surface area contributed by atoms with E-state index >= 15 is 0 Å². The molecule has 5 nitrogen and oxygen atoms in total. The van der Waals surface area contributed by atoms with Crippen molar-refractivity contribution in [3.8, 4) is 11.1 Å². The van der Waals surface area contributed by atoms with Gasteiger partial charge in [0, 0.05) is 11.9 Å². The number of carboxylic acids is 1. The molecule has 0 spiro atoms. The van der Waals surface area contributed by atoms with Crippen LogP contribution in [0.2, 0.25) is 0 Å². The van der Waals surface area contributed by atoms with Crippen molar-refractivity contribution in [2.24, 2.45) is 0 Å². The SMILES string of the molecule is Cc1c(-c2ccc(N)cc2)ccn2c(=O)c(C(=O)O)cc(C(C)C)c12. The molecule has 128 valence electrons. The normalized spacial score (nSPS) is 11.2. The van der Waals surface area contributed by atoms with Gasteiger partial charge in [0.05, 0.1) is 5.52 Å². The fourth-order valence-electron chi connectivity index (χ4n) is 3.17. The number of nitrogen functional groups attached to an aromatic ring is 1. The van der Waals surface area contributed by atoms with Crippen LogP contribution >= 0.6 is 0 Å². The first-order valence-corrected chi connectivity index (χ1v) is 8.09. The van der Waals surface area contributed by atoms with E-state index in [0.717, 1.165) is 27.8 Å². The van der Waals surface area contributed by atoms with Crippen LogP contribution in [0.15, 0.2) is 47.4 Å². The zero-order valence-corrected chi connectivity index (χ0v) is 14.4. The highest BCUT2D eigenvalue weighted by Gasteiger charge is 2.19. The van der Waals surface area contributed by atoms with Crippen LogP contribution in [0, 0.1) is 6.92 Å². The monoisotopic (exact) mass is 336 g/mol. The van der Waals surface area contributed by atoms with Gasteiger partial charge in [-0.15, -0.1) is 0 Å². The molecule has 0 atom stereocenters. The molecule has 0 saturated heterocycles. The van der Waals surface area contributed by atoms with Crippen LogP contribution in [-0.2, 0) is 0 Å². The summed E-state index contributed by atoms with van der Waals surface area (Å²) in [6.45, 7) is 5.92. The van der Waals surface area contributed by atoms with Crippen molar-refractivity contribution in [1.29, 1.82) is 0 Å². The Morgan fingerprint density at radius 3 is 2.36 bits per heavy atom. The van der Waals surface area contributed by atoms with Crippen molar-refractivity contribution in [3.63, 3.8) is 0 Å². The second kappa shape index (κ2) is 6.09. The van der Waals surface area contributed by atoms with Crippen LogP contribution in [0.3, 0.4) is 0 Å². The van der Waals surface area contributed by atoms with Crippen molar-refractivity contribution < 1.29 is 9.90 Å². The number of aryl methyl sites for hydroxylation is 1. The lowest BCUT2D eigenvalue weighted by Crippen LogP contribution is -2.24. The first-order chi connectivity index (χ1) is 11.8. The predicted molar refractivity (Wildman–Crippen MR) is 99.3 cm³/mol. The van der Waals surface area contributed by atoms with Gasteiger partial charge in [0.1, 0.15) is 5.56 Å². The van der Waals surface area contributed by atoms with E-state index in [4.69, 9.17) is 5.73 Å². The number of carbonyl (C=O) groups is 1. The molecule has 25 heavy (non-hydrogen) atoms. The fraction of sp³-hybridized carbons (Fsp3) is 0.200. The zero-order chi connectivity index (χ0) is 18.3. The summed E-state index contributed by atoms with van der Waals surface area (Å²) in [6, 6.07) is 10.9. The summed E-state index contributed by atoms with van der Waals surface area (Å²) in [4.78, 5) is 24.0. The first kappa shape index (κ1) is 16.8. The molecule has 0 unspecified atom stereocenters. The molecule has 2 heterocycles. The maximum Gasteiger partial charge on any atom is 0.341 e. The topological polar surface area (TPSA) is 84.8 Å². The number of rotatable bonds is 3. The van der Waals surface area contributed by atoms with Crippen molar-refractivity contribution in [2.45, 2.75) is 26.7 Å². The highest BCUT2D eigenvalue weighted by molar-refractivity contribution is 5.89. The number of benzene rings is 1. The molecule has 0 aliphatic carbocycles. The molecule has 0 aliphatic heterocycles. The largest absolute Gasteiger partial charge is 0.477 e. The Hall–Kier alpha value is -3.08. The van der Waals surface area contributed by atoms with Crippen LogP contribution < -0.4 is 11.3 Å². The Morgan fingerprint density at radius 1 is 1.16 bits per heavy atom. The van der Waals surface area contributed by atoms with E-state index in [2.05, 4.69) is 0 Å². The number of fused-ring (bicyclic) bond motifs is 1. The average Bonchev–Trinajstić information content (AvgIpc) is 2.56. The molecule has 3 rings (SSSR count). The second-order valence-electron chi connectivity index (χ2n) is 6.47. The van der Waals surface area contributed by atoms with Crippen molar-refractivity contribution in [2.75, 3.05) is 5.73 Å². The summed E-state index contributed by atoms with van der Waals surface area (Å²) in [5, 5.41) is 9.33. The summed E-state index contributed by atoms with van der Waals surface area (Å²) in [6.07, 6.45) is 1.65. The Bertz CT molecular complexity index is 1030. The zero-order valence-electron chi connectivity index (χ0n) is 14.4. The van der Waals surface area contributed by atoms with Crippen LogP contribution in [0.4, 0.5) is 5.69 Å². The molecule has 1 aromatic carbocycles. The molecule has 0 saturated carbocycles. The maximum absolute atomic E-state index is 12.6. The van der Waals surface area contributed by atoms with Gasteiger partial charge in [0.15, 0.2) is 0 Å². The van der Waals surface area contributed by atoms with E-state index in [-0.39, 0.29) is 11.5 Å². The molecule has 0 radical (unpaired) electrons. The highest BCUT2D eigenvalue weighted by atomic mass is 16.4. The van der Waals surface area contributed by atoms with Gasteiger partial charge in [-0.2, -0.15) is 0 Å². The van der Waals surface area contributed by atoms with Gasteiger partial charge in [-0.3, -0.25) is 9.20 Å². The van der Waals surface area contributed by atoms with E-state index in [9.17, 15) is 14.7 Å². The lowest BCUT2D eigenvalue weighted by molar-refractivity contribution is 0.0694. The van der Waals surface area contributed by atoms with Gasteiger partial charge in [-0.05, 0) is 59.4 Å². The van der Waals surface area contributed by atoms with Gasteiger partial charge in [0.2, 0.25) is 0 Å². The third-order valence-corrected chi connectivity index (χ3v) is 4.49. The van der Waals surface area contributed by atoms with E-state index in [1.54, 1.807) is 6.20 Å². The standard InChI is InChI=1S/C20H20N2O3/c1-11(2)16-10-17(20(24)25)19(23)22-9-8-15(12(3)18(16)22)13-4-6-14(21)7-5-13/h4-11H,21H2,1-3H3,(H,24,25). The summed E-state index contributed by atoms with van der Waals surface area (Å²) in [7, 11) is 0. The number of pyridine rings is 2. The Kier molecular flexibility index (Phi) is 4.08. The summed E-state index contributed by atoms with van der Waals surface area (Å²) < 4.78 is 1.44. The minimum atomic E-state index is -1.21. The van der Waals surface area contributed by atoms with E-state index in [1.807, 2.05) is 51.1 Å². The highest BCUT2D eigenvalue weighted by Crippen LogP contribution is 2.30. The van der Waals surface area contributed by atoms with E-state index in [0.29, 0.717) is 5.69 Å². The van der Waals surface area contributed by atoms with E-state index < -0.39 is 11.5 Å². The molecule has 2 aromatic heterocycles. The van der Waals surface area contributed by atoms with Gasteiger partial charge in [-0.1, -0.05) is 26.0 Å². The number of aromatic nitrogens is 1. The minimum Gasteiger partial charge on any atom is -0.477 e. The predicted octanol–water partition coefficient (Wildman–Crippen LogP) is 3.68. The van der Waals surface area contributed by atoms with Crippen LogP contribution in [0.5, 0.6) is 0 Å². The molecule has 0 fully saturated rings. The fourth-order valence-corrected chi connectivity index (χ4v) is 3.17. The number of nitrogens with two attached hydrogens (primary N) is 1. The third kappa shape index (κ3) is 2.78. The molecule has 0 bridgehead atoms. The number of hydrogen-bond donors (Lipinski definition) is 2. The van der Waals surface area contributed by atoms with Crippen LogP contribution in [-0.4, -0.2) is 15.5 Å². The number of anilines is 1. The molecule has 5 heteroatoms. The summed E-state index contributed by atoms with van der Waals surface area (Å²) in [5.41, 5.74) is 10.3. The molecular formula is C20H20N2O3.